The summed E-state index contributed by atoms with van der Waals surface area (Å²) >= 11 is 0. The van der Waals surface area contributed by atoms with Gasteiger partial charge in [-0.05, 0) is 55.8 Å². The zero-order chi connectivity index (χ0) is 28.8. The fourth-order valence-electron chi connectivity index (χ4n) is 5.64. The summed E-state index contributed by atoms with van der Waals surface area (Å²) in [6.07, 6.45) is 1.69. The lowest BCUT2D eigenvalue weighted by molar-refractivity contribution is -0.391. The Hall–Kier alpha value is -5.34. The molecule has 204 valence electrons. The van der Waals surface area contributed by atoms with Crippen molar-refractivity contribution in [2.45, 2.75) is 10.6 Å². The molecule has 0 spiro atoms. The molecule has 42 heavy (non-hydrogen) atoms. The average Bonchev–Trinajstić information content (AvgIpc) is 3.38. The fraction of sp³-hybridized carbons (Fsp3) is 0.0294. The van der Waals surface area contributed by atoms with E-state index in [0.29, 0.717) is 11.2 Å². The van der Waals surface area contributed by atoms with Crippen molar-refractivity contribution in [1.82, 2.24) is 9.38 Å². The molecular weight excluding hydrogens is 546 g/mol. The van der Waals surface area contributed by atoms with Gasteiger partial charge in [0.2, 0.25) is 5.65 Å². The number of imidazole rings is 1. The van der Waals surface area contributed by atoms with Crippen LogP contribution in [-0.2, 0) is 15.6 Å². The van der Waals surface area contributed by atoms with E-state index in [2.05, 4.69) is 4.98 Å². The van der Waals surface area contributed by atoms with Crippen LogP contribution in [0.15, 0.2) is 132 Å². The lowest BCUT2D eigenvalue weighted by Crippen LogP contribution is -2.07. The summed E-state index contributed by atoms with van der Waals surface area (Å²) in [6, 6.07) is 37.7. The van der Waals surface area contributed by atoms with Gasteiger partial charge in [-0.15, -0.1) is 0 Å². The zero-order valence-electron chi connectivity index (χ0n) is 22.2. The SMILES string of the molecule is O=[N+]([O-])c1c(CS(=O)(=O)c2ccccc2)nc2c(-c3cccc4ccccc34)cc(-c3cccc4ccccc34)cn12. The molecule has 2 aromatic heterocycles. The largest absolute Gasteiger partial charge is 0.358 e. The van der Waals surface area contributed by atoms with E-state index < -0.39 is 20.5 Å². The molecule has 0 bridgehead atoms. The quantitative estimate of drug-likeness (QED) is 0.150. The first-order valence-corrected chi connectivity index (χ1v) is 15.0. The standard InChI is InChI=1S/C34H23N3O4S/c38-37(39)34-32(22-42(40,41)26-14-2-1-3-15-26)35-33-31(30-19-9-13-24-11-5-7-17-28(24)30)20-25(21-36(33)34)29-18-8-12-23-10-4-6-16-27(23)29/h1-21H,22H2. The van der Waals surface area contributed by atoms with E-state index >= 15 is 0 Å². The van der Waals surface area contributed by atoms with Crippen molar-refractivity contribution in [2.24, 2.45) is 0 Å². The first-order valence-electron chi connectivity index (χ1n) is 13.3. The van der Waals surface area contributed by atoms with E-state index in [1.807, 2.05) is 91.0 Å². The molecule has 0 N–H and O–H groups in total. The first-order chi connectivity index (χ1) is 20.4. The smallest absolute Gasteiger partial charge is 0.352 e. The number of hydrogen-bond donors (Lipinski definition) is 0. The van der Waals surface area contributed by atoms with E-state index in [4.69, 9.17) is 0 Å². The molecule has 5 aromatic carbocycles. The lowest BCUT2D eigenvalue weighted by atomic mass is 9.94. The van der Waals surface area contributed by atoms with Crippen LogP contribution in [0.1, 0.15) is 5.69 Å². The third-order valence-corrected chi connectivity index (χ3v) is 9.19. The molecule has 7 nitrogen and oxygen atoms in total. The van der Waals surface area contributed by atoms with Gasteiger partial charge in [-0.2, -0.15) is 4.40 Å². The number of nitro groups is 1. The minimum Gasteiger partial charge on any atom is -0.358 e. The third-order valence-electron chi connectivity index (χ3n) is 7.55. The maximum absolute atomic E-state index is 13.3. The van der Waals surface area contributed by atoms with Gasteiger partial charge in [0.05, 0.1) is 10.5 Å². The number of rotatable bonds is 6. The van der Waals surface area contributed by atoms with Gasteiger partial charge < -0.3 is 10.1 Å². The van der Waals surface area contributed by atoms with Crippen LogP contribution < -0.4 is 0 Å². The monoisotopic (exact) mass is 569 g/mol. The molecule has 0 fully saturated rings. The summed E-state index contributed by atoms with van der Waals surface area (Å²) < 4.78 is 28.1. The molecule has 7 rings (SSSR count). The van der Waals surface area contributed by atoms with Gasteiger partial charge in [0.1, 0.15) is 11.9 Å². The minimum absolute atomic E-state index is 0.0853. The van der Waals surface area contributed by atoms with Gasteiger partial charge in [0, 0.05) is 5.56 Å². The van der Waals surface area contributed by atoms with Crippen LogP contribution in [0.3, 0.4) is 0 Å². The van der Waals surface area contributed by atoms with E-state index in [9.17, 15) is 18.5 Å². The Bertz CT molecular complexity index is 2270. The molecule has 2 heterocycles. The van der Waals surface area contributed by atoms with Crippen LogP contribution in [0.25, 0.3) is 49.4 Å². The highest BCUT2D eigenvalue weighted by molar-refractivity contribution is 7.90. The van der Waals surface area contributed by atoms with Gasteiger partial charge in [-0.1, -0.05) is 103 Å². The molecule has 0 aliphatic carbocycles. The highest BCUT2D eigenvalue weighted by Gasteiger charge is 2.30. The van der Waals surface area contributed by atoms with Crippen molar-refractivity contribution in [3.8, 4) is 22.3 Å². The van der Waals surface area contributed by atoms with E-state index in [1.54, 1.807) is 24.4 Å². The predicted octanol–water partition coefficient (Wildman–Crippen LogP) is 7.86. The van der Waals surface area contributed by atoms with E-state index in [0.717, 1.165) is 38.2 Å². The molecule has 0 radical (unpaired) electrons. The maximum atomic E-state index is 13.3. The number of hydrogen-bond acceptors (Lipinski definition) is 5. The fourth-order valence-corrected chi connectivity index (χ4v) is 6.94. The van der Waals surface area contributed by atoms with E-state index in [1.165, 1.54) is 16.5 Å². The zero-order valence-corrected chi connectivity index (χ0v) is 23.0. The Morgan fingerprint density at radius 2 is 1.26 bits per heavy atom. The Morgan fingerprint density at radius 1 is 0.690 bits per heavy atom. The van der Waals surface area contributed by atoms with Gasteiger partial charge in [0.15, 0.2) is 15.5 Å². The van der Waals surface area contributed by atoms with Gasteiger partial charge in [-0.3, -0.25) is 0 Å². The van der Waals surface area contributed by atoms with Crippen LogP contribution in [-0.4, -0.2) is 22.7 Å². The second kappa shape index (κ2) is 9.94. The van der Waals surface area contributed by atoms with Gasteiger partial charge in [-0.25, -0.2) is 13.4 Å². The molecule has 0 aliphatic heterocycles. The molecule has 0 saturated heterocycles. The van der Waals surface area contributed by atoms with E-state index in [-0.39, 0.29) is 16.4 Å². The van der Waals surface area contributed by atoms with Crippen LogP contribution in [0.4, 0.5) is 5.82 Å². The molecular formula is C34H23N3O4S. The number of aromatic nitrogens is 2. The average molecular weight is 570 g/mol. The summed E-state index contributed by atoms with van der Waals surface area (Å²) in [5.74, 6) is -0.971. The number of sulfone groups is 1. The first kappa shape index (κ1) is 25.6. The molecule has 0 aliphatic rings. The van der Waals surface area contributed by atoms with Crippen molar-refractivity contribution < 1.29 is 13.3 Å². The van der Waals surface area contributed by atoms with Crippen molar-refractivity contribution in [3.05, 3.63) is 143 Å². The predicted molar refractivity (Wildman–Crippen MR) is 165 cm³/mol. The Balaban J connectivity index is 1.55. The molecule has 0 amide bonds. The highest BCUT2D eigenvalue weighted by Crippen LogP contribution is 2.39. The molecule has 8 heteroatoms. The summed E-state index contributed by atoms with van der Waals surface area (Å²) in [7, 11) is -3.90. The van der Waals surface area contributed by atoms with Crippen molar-refractivity contribution in [3.63, 3.8) is 0 Å². The molecule has 7 aromatic rings. The number of fused-ring (bicyclic) bond motifs is 3. The lowest BCUT2D eigenvalue weighted by Gasteiger charge is -2.11. The minimum atomic E-state index is -3.90. The Kier molecular flexibility index (Phi) is 6.06. The molecule has 0 unspecified atom stereocenters. The number of nitrogens with zero attached hydrogens (tertiary/aromatic N) is 3. The van der Waals surface area contributed by atoms with Crippen LogP contribution in [0.2, 0.25) is 0 Å². The van der Waals surface area contributed by atoms with Crippen molar-refractivity contribution in [1.29, 1.82) is 0 Å². The third kappa shape index (κ3) is 4.29. The number of benzene rings is 5. The molecule has 0 saturated carbocycles. The molecule has 0 atom stereocenters. The number of pyridine rings is 1. The Morgan fingerprint density at radius 3 is 1.93 bits per heavy atom. The second-order valence-electron chi connectivity index (χ2n) is 10.1. The summed E-state index contributed by atoms with van der Waals surface area (Å²) in [5.41, 5.74) is 3.38. The summed E-state index contributed by atoms with van der Waals surface area (Å²) in [6.45, 7) is 0. The van der Waals surface area contributed by atoms with Crippen LogP contribution in [0.5, 0.6) is 0 Å². The van der Waals surface area contributed by atoms with Crippen LogP contribution >= 0.6 is 0 Å². The normalized spacial score (nSPS) is 11.8. The maximum Gasteiger partial charge on any atom is 0.352 e. The van der Waals surface area contributed by atoms with Crippen LogP contribution in [0, 0.1) is 10.1 Å². The highest BCUT2D eigenvalue weighted by atomic mass is 32.2. The summed E-state index contributed by atoms with van der Waals surface area (Å²) in [4.78, 5) is 16.8. The van der Waals surface area contributed by atoms with Crippen molar-refractivity contribution in [2.75, 3.05) is 0 Å². The second-order valence-corrected chi connectivity index (χ2v) is 12.1. The topological polar surface area (TPSA) is 94.6 Å². The van der Waals surface area contributed by atoms with Gasteiger partial charge >= 0.3 is 5.82 Å². The summed E-state index contributed by atoms with van der Waals surface area (Å²) in [5, 5.41) is 16.6. The Labute approximate surface area is 241 Å². The van der Waals surface area contributed by atoms with Crippen molar-refractivity contribution >= 4 is 42.8 Å². The van der Waals surface area contributed by atoms with Gasteiger partial charge in [0.25, 0.3) is 0 Å².